The number of rotatable bonds is 5. The van der Waals surface area contributed by atoms with E-state index in [0.717, 1.165) is 0 Å². The molecule has 0 bridgehead atoms. The second-order valence-corrected chi connectivity index (χ2v) is 7.32. The van der Waals surface area contributed by atoms with Crippen LogP contribution < -0.4 is 16.2 Å². The number of benzene rings is 3. The average Bonchev–Trinajstić information content (AvgIpc) is 3.38. The molecule has 4 rings (SSSR count). The lowest BCUT2D eigenvalue weighted by Crippen LogP contribution is -2.41. The first-order chi connectivity index (χ1) is 17.0. The Hall–Kier alpha value is -5.36. The van der Waals surface area contributed by atoms with Gasteiger partial charge in [-0.2, -0.15) is 5.26 Å². The molecule has 0 aliphatic rings. The SMILES string of the molecule is N#Cc1cc(C(=O)NNC(=O)c2occc2-c2cccc(NC(=O)c3ccccc3)c2)ccc1O. The van der Waals surface area contributed by atoms with Gasteiger partial charge in [0.2, 0.25) is 5.76 Å². The molecular weight excluding hydrogens is 448 g/mol. The minimum absolute atomic E-state index is 0.0553. The van der Waals surface area contributed by atoms with Gasteiger partial charge in [-0.1, -0.05) is 30.3 Å². The molecule has 0 unspecified atom stereocenters. The zero-order chi connectivity index (χ0) is 24.8. The van der Waals surface area contributed by atoms with Crippen molar-refractivity contribution in [2.24, 2.45) is 0 Å². The molecule has 0 aliphatic heterocycles. The number of nitriles is 1. The van der Waals surface area contributed by atoms with Crippen LogP contribution in [0.5, 0.6) is 5.75 Å². The number of aromatic hydroxyl groups is 1. The van der Waals surface area contributed by atoms with Crippen molar-refractivity contribution in [2.75, 3.05) is 5.32 Å². The van der Waals surface area contributed by atoms with E-state index in [1.165, 1.54) is 24.5 Å². The van der Waals surface area contributed by atoms with E-state index in [9.17, 15) is 19.5 Å². The quantitative estimate of drug-likeness (QED) is 0.329. The predicted molar refractivity (Wildman–Crippen MR) is 126 cm³/mol. The molecule has 9 nitrogen and oxygen atoms in total. The third kappa shape index (κ3) is 5.18. The number of hydrogen-bond acceptors (Lipinski definition) is 6. The van der Waals surface area contributed by atoms with E-state index in [4.69, 9.17) is 9.68 Å². The van der Waals surface area contributed by atoms with Crippen molar-refractivity contribution in [2.45, 2.75) is 0 Å². The molecule has 0 atom stereocenters. The van der Waals surface area contributed by atoms with Crippen LogP contribution in [-0.2, 0) is 0 Å². The molecule has 4 N–H and O–H groups in total. The number of carbonyl (C=O) groups is 3. The molecule has 0 fully saturated rings. The van der Waals surface area contributed by atoms with Crippen LogP contribution in [0.25, 0.3) is 11.1 Å². The topological polar surface area (TPSA) is 144 Å². The number of phenolic OH excluding ortho intramolecular Hbond substituents is 1. The Morgan fingerprint density at radius 1 is 0.800 bits per heavy atom. The fraction of sp³-hybridized carbons (Fsp3) is 0. The molecular formula is C26H18N4O5. The van der Waals surface area contributed by atoms with Crippen molar-refractivity contribution in [3.05, 3.63) is 108 Å². The highest BCUT2D eigenvalue weighted by Crippen LogP contribution is 2.27. The first-order valence-electron chi connectivity index (χ1n) is 10.3. The van der Waals surface area contributed by atoms with E-state index >= 15 is 0 Å². The van der Waals surface area contributed by atoms with Crippen LogP contribution in [0.4, 0.5) is 5.69 Å². The fourth-order valence-electron chi connectivity index (χ4n) is 3.28. The zero-order valence-electron chi connectivity index (χ0n) is 18.1. The van der Waals surface area contributed by atoms with Crippen molar-refractivity contribution in [3.63, 3.8) is 0 Å². The lowest BCUT2D eigenvalue weighted by Gasteiger charge is -2.09. The van der Waals surface area contributed by atoms with Gasteiger partial charge in [0.25, 0.3) is 11.8 Å². The number of nitrogens with one attached hydrogen (secondary N) is 3. The van der Waals surface area contributed by atoms with Gasteiger partial charge in [0, 0.05) is 22.4 Å². The molecule has 0 saturated carbocycles. The standard InChI is InChI=1S/C26H18N4O5/c27-15-19-13-18(9-10-22(19)31)25(33)29-30-26(34)23-21(11-12-35-23)17-7-4-8-20(14-17)28-24(32)16-5-2-1-3-6-16/h1-14,31H,(H,28,32)(H,29,33)(H,30,34). The Morgan fingerprint density at radius 2 is 1.57 bits per heavy atom. The summed E-state index contributed by atoms with van der Waals surface area (Å²) in [5.41, 5.74) is 6.60. The van der Waals surface area contributed by atoms with Gasteiger partial charge in [0.05, 0.1) is 11.8 Å². The maximum absolute atomic E-state index is 12.7. The average molecular weight is 466 g/mol. The number of carbonyl (C=O) groups excluding carboxylic acids is 3. The van der Waals surface area contributed by atoms with Crippen molar-refractivity contribution in [3.8, 4) is 22.9 Å². The number of hydrazine groups is 1. The Kier molecular flexibility index (Phi) is 6.56. The summed E-state index contributed by atoms with van der Waals surface area (Å²) in [6.45, 7) is 0. The van der Waals surface area contributed by atoms with Crippen LogP contribution in [-0.4, -0.2) is 22.8 Å². The molecule has 0 aliphatic carbocycles. The summed E-state index contributed by atoms with van der Waals surface area (Å²) in [4.78, 5) is 37.5. The lowest BCUT2D eigenvalue weighted by molar-refractivity contribution is 0.0831. The zero-order valence-corrected chi connectivity index (χ0v) is 18.1. The summed E-state index contributed by atoms with van der Waals surface area (Å²) in [6, 6.07) is 22.7. The monoisotopic (exact) mass is 466 g/mol. The summed E-state index contributed by atoms with van der Waals surface area (Å²) in [7, 11) is 0. The molecule has 0 saturated heterocycles. The van der Waals surface area contributed by atoms with Crippen LogP contribution in [0.3, 0.4) is 0 Å². The van der Waals surface area contributed by atoms with Crippen LogP contribution in [0.2, 0.25) is 0 Å². The molecule has 3 aromatic carbocycles. The Labute approximate surface area is 199 Å². The minimum atomic E-state index is -0.712. The minimum Gasteiger partial charge on any atom is -0.507 e. The number of amides is 3. The Balaban J connectivity index is 1.46. The van der Waals surface area contributed by atoms with Crippen molar-refractivity contribution in [1.82, 2.24) is 10.9 Å². The fourth-order valence-corrected chi connectivity index (χ4v) is 3.28. The smallest absolute Gasteiger partial charge is 0.306 e. The van der Waals surface area contributed by atoms with E-state index in [1.807, 2.05) is 6.07 Å². The molecule has 3 amide bonds. The maximum Gasteiger partial charge on any atom is 0.306 e. The van der Waals surface area contributed by atoms with Gasteiger partial charge in [-0.3, -0.25) is 25.2 Å². The van der Waals surface area contributed by atoms with Gasteiger partial charge in [0.15, 0.2) is 0 Å². The Morgan fingerprint density at radius 3 is 2.34 bits per heavy atom. The second-order valence-electron chi connectivity index (χ2n) is 7.32. The summed E-state index contributed by atoms with van der Waals surface area (Å²) in [5.74, 6) is -1.98. The molecule has 9 heteroatoms. The first-order valence-corrected chi connectivity index (χ1v) is 10.3. The van der Waals surface area contributed by atoms with Gasteiger partial charge >= 0.3 is 5.91 Å². The second kappa shape index (κ2) is 10.1. The molecule has 1 aromatic heterocycles. The third-order valence-electron chi connectivity index (χ3n) is 5.01. The number of anilines is 1. The summed E-state index contributed by atoms with van der Waals surface area (Å²) < 4.78 is 5.33. The van der Waals surface area contributed by atoms with Crippen LogP contribution >= 0.6 is 0 Å². The lowest BCUT2D eigenvalue weighted by atomic mass is 10.1. The molecule has 0 radical (unpaired) electrons. The van der Waals surface area contributed by atoms with Crippen LogP contribution in [0.15, 0.2) is 89.5 Å². The Bertz CT molecular complexity index is 1450. The predicted octanol–water partition coefficient (Wildman–Crippen LogP) is 3.85. The van der Waals surface area contributed by atoms with Crippen molar-refractivity contribution >= 4 is 23.4 Å². The van der Waals surface area contributed by atoms with E-state index in [-0.39, 0.29) is 28.5 Å². The van der Waals surface area contributed by atoms with Gasteiger partial charge in [-0.15, -0.1) is 0 Å². The summed E-state index contributed by atoms with van der Waals surface area (Å²) >= 11 is 0. The summed E-state index contributed by atoms with van der Waals surface area (Å²) in [6.07, 6.45) is 1.33. The van der Waals surface area contributed by atoms with Crippen molar-refractivity contribution in [1.29, 1.82) is 5.26 Å². The van der Waals surface area contributed by atoms with E-state index in [2.05, 4.69) is 16.2 Å². The number of nitrogens with zero attached hydrogens (tertiary/aromatic N) is 1. The first kappa shape index (κ1) is 22.8. The summed E-state index contributed by atoms with van der Waals surface area (Å²) in [5, 5.41) is 21.4. The molecule has 1 heterocycles. The maximum atomic E-state index is 12.7. The highest BCUT2D eigenvalue weighted by Gasteiger charge is 2.19. The normalized spacial score (nSPS) is 10.1. The van der Waals surface area contributed by atoms with Gasteiger partial charge < -0.3 is 14.8 Å². The highest BCUT2D eigenvalue weighted by molar-refractivity contribution is 6.05. The van der Waals surface area contributed by atoms with E-state index < -0.39 is 11.8 Å². The highest BCUT2D eigenvalue weighted by atomic mass is 16.3. The third-order valence-corrected chi connectivity index (χ3v) is 5.01. The number of hydrogen-bond donors (Lipinski definition) is 4. The molecule has 35 heavy (non-hydrogen) atoms. The molecule has 4 aromatic rings. The largest absolute Gasteiger partial charge is 0.507 e. The number of phenols is 1. The van der Waals surface area contributed by atoms with Gasteiger partial charge in [-0.25, -0.2) is 0 Å². The molecule has 0 spiro atoms. The molecule has 172 valence electrons. The van der Waals surface area contributed by atoms with E-state index in [1.54, 1.807) is 60.7 Å². The van der Waals surface area contributed by atoms with Gasteiger partial charge in [-0.05, 0) is 54.1 Å². The van der Waals surface area contributed by atoms with Crippen molar-refractivity contribution < 1.29 is 23.9 Å². The van der Waals surface area contributed by atoms with Crippen LogP contribution in [0, 0.1) is 11.3 Å². The number of furan rings is 1. The van der Waals surface area contributed by atoms with Crippen LogP contribution in [0.1, 0.15) is 36.8 Å². The van der Waals surface area contributed by atoms with E-state index in [0.29, 0.717) is 22.4 Å². The van der Waals surface area contributed by atoms with Gasteiger partial charge in [0.1, 0.15) is 11.8 Å².